The lowest BCUT2D eigenvalue weighted by Gasteiger charge is -2.22. The lowest BCUT2D eigenvalue weighted by molar-refractivity contribution is -0.120. The van der Waals surface area contributed by atoms with Crippen molar-refractivity contribution >= 4 is 17.7 Å². The van der Waals surface area contributed by atoms with Gasteiger partial charge in [-0.25, -0.2) is 0 Å². The summed E-state index contributed by atoms with van der Waals surface area (Å²) >= 11 is 1.58. The third-order valence-corrected chi connectivity index (χ3v) is 5.65. The van der Waals surface area contributed by atoms with E-state index >= 15 is 0 Å². The fourth-order valence-corrected chi connectivity index (χ4v) is 3.77. The second-order valence-corrected chi connectivity index (χ2v) is 8.25. The lowest BCUT2D eigenvalue weighted by atomic mass is 9.97. The average molecular weight is 376 g/mol. The van der Waals surface area contributed by atoms with Crippen LogP contribution in [0.15, 0.2) is 83.8 Å². The number of hydrogen-bond donors (Lipinski definition) is 1. The standard InChI is InChI=1S/C24H25NOS/c1-17-9-13-21(14-10-17)23(20-7-5-4-6-8-20)25-24(26)19(3)27-22-15-11-18(2)12-16-22/h4-16,19,23H,1-3H3,(H,25,26)/t19-,23+/m1/s1. The van der Waals surface area contributed by atoms with Crippen molar-refractivity contribution in [1.82, 2.24) is 5.32 Å². The van der Waals surface area contributed by atoms with Crippen molar-refractivity contribution in [3.63, 3.8) is 0 Å². The van der Waals surface area contributed by atoms with E-state index in [0.717, 1.165) is 16.0 Å². The SMILES string of the molecule is Cc1ccc(S[C@H](C)C(=O)N[C@@H](c2ccccc2)c2ccc(C)cc2)cc1. The molecule has 0 unspecified atom stereocenters. The van der Waals surface area contributed by atoms with Gasteiger partial charge in [-0.05, 0) is 44.0 Å². The van der Waals surface area contributed by atoms with Gasteiger partial charge in [0.05, 0.1) is 11.3 Å². The molecule has 0 aliphatic heterocycles. The molecule has 0 aromatic heterocycles. The quantitative estimate of drug-likeness (QED) is 0.561. The first-order chi connectivity index (χ1) is 13.0. The molecule has 0 fully saturated rings. The van der Waals surface area contributed by atoms with Gasteiger partial charge in [-0.1, -0.05) is 77.9 Å². The van der Waals surface area contributed by atoms with Gasteiger partial charge in [0, 0.05) is 4.90 Å². The molecule has 1 amide bonds. The van der Waals surface area contributed by atoms with Crippen LogP contribution in [-0.4, -0.2) is 11.2 Å². The molecule has 3 aromatic rings. The van der Waals surface area contributed by atoms with Gasteiger partial charge < -0.3 is 5.32 Å². The smallest absolute Gasteiger partial charge is 0.233 e. The molecule has 0 bridgehead atoms. The third-order valence-electron chi connectivity index (χ3n) is 4.53. The normalized spacial score (nSPS) is 13.0. The molecule has 3 aromatic carbocycles. The van der Waals surface area contributed by atoms with Crippen molar-refractivity contribution in [3.05, 3.63) is 101 Å². The van der Waals surface area contributed by atoms with Gasteiger partial charge in [-0.15, -0.1) is 11.8 Å². The number of thioether (sulfide) groups is 1. The summed E-state index contributed by atoms with van der Waals surface area (Å²) in [6, 6.07) is 26.6. The summed E-state index contributed by atoms with van der Waals surface area (Å²) in [5, 5.41) is 3.06. The molecule has 0 saturated heterocycles. The van der Waals surface area contributed by atoms with E-state index in [-0.39, 0.29) is 17.2 Å². The molecule has 2 atom stereocenters. The van der Waals surface area contributed by atoms with Gasteiger partial charge in [0.15, 0.2) is 0 Å². The molecule has 0 aliphatic carbocycles. The minimum atomic E-state index is -0.177. The van der Waals surface area contributed by atoms with Crippen molar-refractivity contribution in [2.45, 2.75) is 37.0 Å². The lowest BCUT2D eigenvalue weighted by Crippen LogP contribution is -2.34. The van der Waals surface area contributed by atoms with Crippen LogP contribution in [0, 0.1) is 13.8 Å². The van der Waals surface area contributed by atoms with Crippen LogP contribution in [0.1, 0.15) is 35.2 Å². The monoisotopic (exact) mass is 375 g/mol. The topological polar surface area (TPSA) is 29.1 Å². The Hall–Kier alpha value is -2.52. The summed E-state index contributed by atoms with van der Waals surface area (Å²) in [6.45, 7) is 6.09. The van der Waals surface area contributed by atoms with Crippen LogP contribution in [0.3, 0.4) is 0 Å². The molecule has 0 saturated carbocycles. The number of nitrogens with one attached hydrogen (secondary N) is 1. The highest BCUT2D eigenvalue weighted by Crippen LogP contribution is 2.26. The molecule has 27 heavy (non-hydrogen) atoms. The van der Waals surface area contributed by atoms with E-state index < -0.39 is 0 Å². The van der Waals surface area contributed by atoms with Gasteiger partial charge >= 0.3 is 0 Å². The second-order valence-electron chi connectivity index (χ2n) is 6.84. The predicted molar refractivity (Wildman–Crippen MR) is 114 cm³/mol. The maximum absolute atomic E-state index is 12.9. The van der Waals surface area contributed by atoms with E-state index in [1.165, 1.54) is 11.1 Å². The second kappa shape index (κ2) is 8.92. The van der Waals surface area contributed by atoms with E-state index in [1.54, 1.807) is 11.8 Å². The minimum Gasteiger partial charge on any atom is -0.344 e. The number of carbonyl (C=O) groups excluding carboxylic acids is 1. The summed E-state index contributed by atoms with van der Waals surface area (Å²) in [5.41, 5.74) is 4.61. The zero-order valence-corrected chi connectivity index (χ0v) is 16.8. The predicted octanol–water partition coefficient (Wildman–Crippen LogP) is 5.69. The number of hydrogen-bond acceptors (Lipinski definition) is 2. The van der Waals surface area contributed by atoms with E-state index in [0.29, 0.717) is 0 Å². The fourth-order valence-electron chi connectivity index (χ4n) is 2.90. The van der Waals surface area contributed by atoms with Crippen molar-refractivity contribution in [2.75, 3.05) is 0 Å². The van der Waals surface area contributed by atoms with Crippen LogP contribution in [-0.2, 0) is 4.79 Å². The molecule has 2 nitrogen and oxygen atoms in total. The zero-order valence-electron chi connectivity index (χ0n) is 16.0. The van der Waals surface area contributed by atoms with Gasteiger partial charge in [-0.3, -0.25) is 4.79 Å². The molecule has 138 valence electrons. The Balaban J connectivity index is 1.77. The highest BCUT2D eigenvalue weighted by atomic mass is 32.2. The van der Waals surface area contributed by atoms with Crippen LogP contribution < -0.4 is 5.32 Å². The Kier molecular flexibility index (Phi) is 6.36. The van der Waals surface area contributed by atoms with Crippen molar-refractivity contribution in [1.29, 1.82) is 0 Å². The molecule has 3 rings (SSSR count). The maximum atomic E-state index is 12.9. The van der Waals surface area contributed by atoms with Crippen LogP contribution >= 0.6 is 11.8 Å². The Labute approximate surface area is 166 Å². The van der Waals surface area contributed by atoms with Crippen molar-refractivity contribution in [3.8, 4) is 0 Å². The van der Waals surface area contributed by atoms with E-state index in [4.69, 9.17) is 0 Å². The highest BCUT2D eigenvalue weighted by molar-refractivity contribution is 8.00. The average Bonchev–Trinajstić information content (AvgIpc) is 2.69. The van der Waals surface area contributed by atoms with Crippen LogP contribution in [0.4, 0.5) is 0 Å². The summed E-state index contributed by atoms with van der Waals surface area (Å²) in [4.78, 5) is 14.0. The van der Waals surface area contributed by atoms with Crippen molar-refractivity contribution < 1.29 is 4.79 Å². The molecule has 0 spiro atoms. The Morgan fingerprint density at radius 2 is 1.30 bits per heavy atom. The zero-order chi connectivity index (χ0) is 19.2. The largest absolute Gasteiger partial charge is 0.344 e. The molecular formula is C24H25NOS. The summed E-state index contributed by atoms with van der Waals surface area (Å²) in [7, 11) is 0. The van der Waals surface area contributed by atoms with Gasteiger partial charge in [0.25, 0.3) is 0 Å². The highest BCUT2D eigenvalue weighted by Gasteiger charge is 2.21. The van der Waals surface area contributed by atoms with Crippen LogP contribution in [0.5, 0.6) is 0 Å². The first-order valence-electron chi connectivity index (χ1n) is 9.18. The first kappa shape index (κ1) is 19.2. The van der Waals surface area contributed by atoms with Gasteiger partial charge in [0.1, 0.15) is 0 Å². The Morgan fingerprint density at radius 1 is 0.778 bits per heavy atom. The fraction of sp³-hybridized carbons (Fsp3) is 0.208. The summed E-state index contributed by atoms with van der Waals surface area (Å²) in [5.74, 6) is 0.0370. The van der Waals surface area contributed by atoms with E-state index in [9.17, 15) is 4.79 Å². The van der Waals surface area contributed by atoms with E-state index in [2.05, 4.69) is 79.8 Å². The molecule has 0 heterocycles. The molecule has 1 N–H and O–H groups in total. The van der Waals surface area contributed by atoms with Crippen molar-refractivity contribution in [2.24, 2.45) is 0 Å². The van der Waals surface area contributed by atoms with Gasteiger partial charge in [-0.2, -0.15) is 0 Å². The molecule has 3 heteroatoms. The number of aryl methyl sites for hydroxylation is 2. The third kappa shape index (κ3) is 5.24. The molecule has 0 aliphatic rings. The Bertz CT molecular complexity index is 873. The van der Waals surface area contributed by atoms with Crippen LogP contribution in [0.25, 0.3) is 0 Å². The van der Waals surface area contributed by atoms with E-state index in [1.807, 2.05) is 25.1 Å². The minimum absolute atomic E-state index is 0.0370. The summed E-state index contributed by atoms with van der Waals surface area (Å²) < 4.78 is 0. The Morgan fingerprint density at radius 3 is 1.89 bits per heavy atom. The van der Waals surface area contributed by atoms with Gasteiger partial charge in [0.2, 0.25) is 5.91 Å². The molecular weight excluding hydrogens is 350 g/mol. The number of benzene rings is 3. The number of rotatable bonds is 6. The van der Waals surface area contributed by atoms with Crippen LogP contribution in [0.2, 0.25) is 0 Å². The molecule has 0 radical (unpaired) electrons. The first-order valence-corrected chi connectivity index (χ1v) is 10.1. The maximum Gasteiger partial charge on any atom is 0.233 e. The summed E-state index contributed by atoms with van der Waals surface area (Å²) in [6.07, 6.45) is 0. The number of carbonyl (C=O) groups is 1. The number of amides is 1.